The van der Waals surface area contributed by atoms with E-state index in [-0.39, 0.29) is 10.1 Å². The van der Waals surface area contributed by atoms with Crippen LogP contribution < -0.4 is 5.43 Å². The van der Waals surface area contributed by atoms with E-state index in [1.807, 2.05) is 0 Å². The Morgan fingerprint density at radius 1 is 1.20 bits per heavy atom. The molecule has 0 aliphatic carbocycles. The molecule has 2 amide bonds. The van der Waals surface area contributed by atoms with Gasteiger partial charge in [-0.2, -0.15) is 5.01 Å². The summed E-state index contributed by atoms with van der Waals surface area (Å²) in [5, 5.41) is 10.4. The lowest BCUT2D eigenvalue weighted by Gasteiger charge is -2.16. The van der Waals surface area contributed by atoms with Crippen molar-refractivity contribution in [2.45, 2.75) is 0 Å². The highest BCUT2D eigenvalue weighted by atomic mass is 79.9. The molecule has 8 heteroatoms. The second-order valence-electron chi connectivity index (χ2n) is 5.03. The van der Waals surface area contributed by atoms with E-state index < -0.39 is 11.8 Å². The number of benzene rings is 2. The number of hydrogen-bond donors (Lipinski definition) is 2. The van der Waals surface area contributed by atoms with Crippen LogP contribution in [0.15, 0.2) is 57.9 Å². The zero-order valence-electron chi connectivity index (χ0n) is 12.6. The zero-order chi connectivity index (χ0) is 18.0. The van der Waals surface area contributed by atoms with Crippen LogP contribution in [0.5, 0.6) is 5.75 Å². The largest absolute Gasteiger partial charge is 0.508 e. The van der Waals surface area contributed by atoms with E-state index in [9.17, 15) is 14.7 Å². The number of aromatic hydroxyl groups is 1. The highest BCUT2D eigenvalue weighted by molar-refractivity contribution is 9.10. The van der Waals surface area contributed by atoms with Gasteiger partial charge < -0.3 is 5.11 Å². The first kappa shape index (κ1) is 17.7. The van der Waals surface area contributed by atoms with E-state index in [1.54, 1.807) is 42.5 Å². The molecule has 0 aromatic heterocycles. The third kappa shape index (κ3) is 3.92. The standard InChI is InChI=1S/C17H11BrN2O3S2/c18-13-4-2-1-3-12(13)15(22)19-20-16(23)14(25-17(20)24)9-10-5-7-11(21)8-6-10/h1-9,21H,(H,19,22)/b14-9-. The summed E-state index contributed by atoms with van der Waals surface area (Å²) in [5.74, 6) is -0.691. The normalized spacial score (nSPS) is 15.7. The lowest BCUT2D eigenvalue weighted by molar-refractivity contribution is -0.123. The van der Waals surface area contributed by atoms with E-state index in [0.29, 0.717) is 14.9 Å². The van der Waals surface area contributed by atoms with Crippen molar-refractivity contribution in [1.82, 2.24) is 10.4 Å². The third-order valence-electron chi connectivity index (χ3n) is 3.32. The minimum absolute atomic E-state index is 0.144. The molecule has 0 spiro atoms. The molecule has 126 valence electrons. The second-order valence-corrected chi connectivity index (χ2v) is 7.56. The Kier molecular flexibility index (Phi) is 5.22. The third-order valence-corrected chi connectivity index (χ3v) is 5.31. The molecule has 1 saturated heterocycles. The van der Waals surface area contributed by atoms with Gasteiger partial charge in [0.25, 0.3) is 11.8 Å². The Balaban J connectivity index is 1.79. The molecule has 5 nitrogen and oxygen atoms in total. The van der Waals surface area contributed by atoms with Crippen molar-refractivity contribution in [2.24, 2.45) is 0 Å². The van der Waals surface area contributed by atoms with Gasteiger partial charge in [-0.1, -0.05) is 36.0 Å². The molecule has 0 radical (unpaired) electrons. The van der Waals surface area contributed by atoms with Crippen LogP contribution >= 0.6 is 39.9 Å². The van der Waals surface area contributed by atoms with E-state index in [4.69, 9.17) is 12.2 Å². The number of nitrogens with zero attached hydrogens (tertiary/aromatic N) is 1. The first-order valence-corrected chi connectivity index (χ1v) is 9.10. The fourth-order valence-corrected chi connectivity index (χ4v) is 3.74. The minimum atomic E-state index is -0.436. The number of thiocarbonyl (C=S) groups is 1. The SMILES string of the molecule is O=C(NN1C(=O)/C(=C/c2ccc(O)cc2)SC1=S)c1ccccc1Br. The number of carbonyl (C=O) groups excluding carboxylic acids is 2. The monoisotopic (exact) mass is 434 g/mol. The Morgan fingerprint density at radius 3 is 2.56 bits per heavy atom. The summed E-state index contributed by atoms with van der Waals surface area (Å²) in [7, 11) is 0. The number of nitrogens with one attached hydrogen (secondary N) is 1. The molecule has 3 rings (SSSR count). The molecule has 0 saturated carbocycles. The number of hydrogen-bond acceptors (Lipinski definition) is 5. The maximum atomic E-state index is 12.5. The van der Waals surface area contributed by atoms with Crippen LogP contribution in [0.25, 0.3) is 6.08 Å². The first-order valence-electron chi connectivity index (χ1n) is 7.08. The summed E-state index contributed by atoms with van der Waals surface area (Å²) in [4.78, 5) is 25.3. The summed E-state index contributed by atoms with van der Waals surface area (Å²) in [5.41, 5.74) is 3.68. The van der Waals surface area contributed by atoms with Gasteiger partial charge in [0, 0.05) is 4.47 Å². The molecule has 2 N–H and O–H groups in total. The van der Waals surface area contributed by atoms with Crippen LogP contribution in [0.4, 0.5) is 0 Å². The summed E-state index contributed by atoms with van der Waals surface area (Å²) in [6.45, 7) is 0. The number of rotatable bonds is 3. The molecule has 25 heavy (non-hydrogen) atoms. The van der Waals surface area contributed by atoms with Crippen molar-refractivity contribution < 1.29 is 14.7 Å². The molecule has 2 aromatic carbocycles. The maximum Gasteiger partial charge on any atom is 0.285 e. The maximum absolute atomic E-state index is 12.5. The second kappa shape index (κ2) is 7.38. The van der Waals surface area contributed by atoms with Crippen molar-refractivity contribution >= 4 is 62.1 Å². The van der Waals surface area contributed by atoms with Crippen LogP contribution in [0.2, 0.25) is 0 Å². The highest BCUT2D eigenvalue weighted by Crippen LogP contribution is 2.31. The highest BCUT2D eigenvalue weighted by Gasteiger charge is 2.34. The molecule has 1 aliphatic heterocycles. The quantitative estimate of drug-likeness (QED) is 0.569. The first-order chi connectivity index (χ1) is 12.0. The number of carbonyl (C=O) groups is 2. The average Bonchev–Trinajstić information content (AvgIpc) is 2.85. The van der Waals surface area contributed by atoms with E-state index >= 15 is 0 Å². The summed E-state index contributed by atoms with van der Waals surface area (Å²) in [6.07, 6.45) is 1.66. The Morgan fingerprint density at radius 2 is 1.88 bits per heavy atom. The molecule has 2 aromatic rings. The van der Waals surface area contributed by atoms with Crippen molar-refractivity contribution in [2.75, 3.05) is 0 Å². The van der Waals surface area contributed by atoms with E-state index in [1.165, 1.54) is 12.1 Å². The Labute approximate surface area is 161 Å². The lowest BCUT2D eigenvalue weighted by Crippen LogP contribution is -2.44. The number of hydrazine groups is 1. The van der Waals surface area contributed by atoms with Crippen LogP contribution in [-0.2, 0) is 4.79 Å². The van der Waals surface area contributed by atoms with Gasteiger partial charge in [-0.05, 0) is 64.1 Å². The van der Waals surface area contributed by atoms with E-state index in [0.717, 1.165) is 22.3 Å². The van der Waals surface area contributed by atoms with Crippen LogP contribution in [0.3, 0.4) is 0 Å². The molecular formula is C17H11BrN2O3S2. The topological polar surface area (TPSA) is 69.6 Å². The Bertz CT molecular complexity index is 897. The zero-order valence-corrected chi connectivity index (χ0v) is 15.8. The Hall–Kier alpha value is -2.16. The summed E-state index contributed by atoms with van der Waals surface area (Å²) >= 11 is 9.60. The van der Waals surface area contributed by atoms with Crippen molar-refractivity contribution in [3.8, 4) is 5.75 Å². The number of halogens is 1. The fourth-order valence-electron chi connectivity index (χ4n) is 2.09. The van der Waals surface area contributed by atoms with Gasteiger partial charge in [-0.15, -0.1) is 0 Å². The number of amides is 2. The van der Waals surface area contributed by atoms with Crippen molar-refractivity contribution in [3.05, 3.63) is 69.0 Å². The fraction of sp³-hybridized carbons (Fsp3) is 0. The minimum Gasteiger partial charge on any atom is -0.508 e. The van der Waals surface area contributed by atoms with Gasteiger partial charge in [0.05, 0.1) is 10.5 Å². The van der Waals surface area contributed by atoms with Crippen LogP contribution in [0.1, 0.15) is 15.9 Å². The predicted molar refractivity (Wildman–Crippen MR) is 105 cm³/mol. The molecule has 1 aliphatic rings. The molecular weight excluding hydrogens is 424 g/mol. The molecule has 1 fully saturated rings. The number of phenols is 1. The van der Waals surface area contributed by atoms with Crippen LogP contribution in [-0.4, -0.2) is 26.3 Å². The predicted octanol–water partition coefficient (Wildman–Crippen LogP) is 3.70. The number of phenolic OH excluding ortho intramolecular Hbond substituents is 1. The smallest absolute Gasteiger partial charge is 0.285 e. The van der Waals surface area contributed by atoms with Gasteiger partial charge in [0.2, 0.25) is 0 Å². The lowest BCUT2D eigenvalue weighted by atomic mass is 10.2. The van der Waals surface area contributed by atoms with Gasteiger partial charge >= 0.3 is 0 Å². The van der Waals surface area contributed by atoms with Crippen molar-refractivity contribution in [1.29, 1.82) is 0 Å². The molecule has 0 unspecified atom stereocenters. The summed E-state index contributed by atoms with van der Waals surface area (Å²) < 4.78 is 0.869. The average molecular weight is 435 g/mol. The number of thioether (sulfide) groups is 1. The van der Waals surface area contributed by atoms with E-state index in [2.05, 4.69) is 21.4 Å². The van der Waals surface area contributed by atoms with Gasteiger partial charge in [0.1, 0.15) is 5.75 Å². The van der Waals surface area contributed by atoms with Crippen molar-refractivity contribution in [3.63, 3.8) is 0 Å². The molecule has 1 heterocycles. The van der Waals surface area contributed by atoms with Gasteiger partial charge in [-0.25, -0.2) is 0 Å². The summed E-state index contributed by atoms with van der Waals surface area (Å²) in [6, 6.07) is 13.3. The van der Waals surface area contributed by atoms with Gasteiger partial charge in [0.15, 0.2) is 4.32 Å². The molecule has 0 bridgehead atoms. The van der Waals surface area contributed by atoms with Crippen LogP contribution in [0, 0.1) is 0 Å². The van der Waals surface area contributed by atoms with Gasteiger partial charge in [-0.3, -0.25) is 15.0 Å². The molecule has 0 atom stereocenters.